The Kier molecular flexibility index (Phi) is 2.88. The van der Waals surface area contributed by atoms with Gasteiger partial charge in [-0.2, -0.15) is 13.2 Å². The molecule has 0 bridgehead atoms. The lowest BCUT2D eigenvalue weighted by molar-refractivity contribution is -0.138. The fraction of sp³-hybridized carbons (Fsp3) is 0.455. The highest BCUT2D eigenvalue weighted by atomic mass is 19.4. The quantitative estimate of drug-likeness (QED) is 0.642. The van der Waals surface area contributed by atoms with Crippen LogP contribution in [0.5, 0.6) is 0 Å². The van der Waals surface area contributed by atoms with Gasteiger partial charge in [-0.1, -0.05) is 26.0 Å². The second-order valence-electron chi connectivity index (χ2n) is 3.73. The van der Waals surface area contributed by atoms with Crippen molar-refractivity contribution in [2.45, 2.75) is 32.9 Å². The van der Waals surface area contributed by atoms with E-state index in [-0.39, 0.29) is 11.5 Å². The van der Waals surface area contributed by atoms with Crippen LogP contribution in [0.4, 0.5) is 13.2 Å². The van der Waals surface area contributed by atoms with Crippen LogP contribution in [0.2, 0.25) is 0 Å². The standard InChI is InChI=1S/C11H13F3/c1-7(2)9-5-4-8(3)10(6-9)11(12,13)14/h4-7H,1-3H3. The first-order valence-electron chi connectivity index (χ1n) is 4.50. The Bertz CT molecular complexity index is 324. The normalized spacial score (nSPS) is 12.2. The zero-order chi connectivity index (χ0) is 10.9. The molecule has 0 saturated heterocycles. The van der Waals surface area contributed by atoms with Gasteiger partial charge >= 0.3 is 6.18 Å². The monoisotopic (exact) mass is 202 g/mol. The Labute approximate surface area is 81.8 Å². The van der Waals surface area contributed by atoms with E-state index < -0.39 is 11.7 Å². The van der Waals surface area contributed by atoms with Crippen molar-refractivity contribution in [2.75, 3.05) is 0 Å². The summed E-state index contributed by atoms with van der Waals surface area (Å²) in [6.07, 6.45) is -4.24. The van der Waals surface area contributed by atoms with Crippen molar-refractivity contribution >= 4 is 0 Å². The van der Waals surface area contributed by atoms with Crippen molar-refractivity contribution in [3.8, 4) is 0 Å². The largest absolute Gasteiger partial charge is 0.416 e. The molecule has 0 spiro atoms. The molecular weight excluding hydrogens is 189 g/mol. The van der Waals surface area contributed by atoms with E-state index in [1.165, 1.54) is 19.1 Å². The summed E-state index contributed by atoms with van der Waals surface area (Å²) in [6.45, 7) is 5.24. The lowest BCUT2D eigenvalue weighted by Gasteiger charge is -2.13. The Balaban J connectivity index is 3.22. The van der Waals surface area contributed by atoms with E-state index in [0.29, 0.717) is 0 Å². The fourth-order valence-electron chi connectivity index (χ4n) is 1.30. The van der Waals surface area contributed by atoms with Crippen LogP contribution in [0.3, 0.4) is 0 Å². The summed E-state index contributed by atoms with van der Waals surface area (Å²) in [5, 5.41) is 0. The molecule has 1 aromatic carbocycles. The van der Waals surface area contributed by atoms with Gasteiger partial charge in [-0.25, -0.2) is 0 Å². The van der Waals surface area contributed by atoms with Crippen molar-refractivity contribution in [2.24, 2.45) is 0 Å². The Morgan fingerprint density at radius 2 is 1.71 bits per heavy atom. The van der Waals surface area contributed by atoms with E-state index in [2.05, 4.69) is 0 Å². The molecule has 0 unspecified atom stereocenters. The van der Waals surface area contributed by atoms with Gasteiger partial charge in [-0.05, 0) is 30.0 Å². The van der Waals surface area contributed by atoms with E-state index in [0.717, 1.165) is 5.56 Å². The van der Waals surface area contributed by atoms with Crippen molar-refractivity contribution in [1.82, 2.24) is 0 Å². The van der Waals surface area contributed by atoms with Gasteiger partial charge in [0.1, 0.15) is 0 Å². The first-order chi connectivity index (χ1) is 6.32. The molecular formula is C11H13F3. The molecule has 3 heteroatoms. The maximum atomic E-state index is 12.5. The van der Waals surface area contributed by atoms with Crippen LogP contribution in [0.1, 0.15) is 36.5 Å². The summed E-state index contributed by atoms with van der Waals surface area (Å²) < 4.78 is 37.5. The Hall–Kier alpha value is -0.990. The van der Waals surface area contributed by atoms with Crippen molar-refractivity contribution in [3.05, 3.63) is 34.9 Å². The van der Waals surface area contributed by atoms with Crippen LogP contribution in [-0.2, 0) is 6.18 Å². The fourth-order valence-corrected chi connectivity index (χ4v) is 1.30. The topological polar surface area (TPSA) is 0 Å². The van der Waals surface area contributed by atoms with Gasteiger partial charge in [0.2, 0.25) is 0 Å². The van der Waals surface area contributed by atoms with Crippen molar-refractivity contribution in [1.29, 1.82) is 0 Å². The van der Waals surface area contributed by atoms with E-state index in [4.69, 9.17) is 0 Å². The second kappa shape index (κ2) is 3.64. The van der Waals surface area contributed by atoms with Crippen LogP contribution in [0.25, 0.3) is 0 Å². The molecule has 0 amide bonds. The summed E-state index contributed by atoms with van der Waals surface area (Å²) >= 11 is 0. The van der Waals surface area contributed by atoms with Gasteiger partial charge in [-0.3, -0.25) is 0 Å². The minimum Gasteiger partial charge on any atom is -0.166 e. The van der Waals surface area contributed by atoms with Gasteiger partial charge in [0.05, 0.1) is 5.56 Å². The predicted molar refractivity (Wildman–Crippen MR) is 50.3 cm³/mol. The maximum absolute atomic E-state index is 12.5. The zero-order valence-corrected chi connectivity index (χ0v) is 8.44. The highest BCUT2D eigenvalue weighted by Crippen LogP contribution is 2.33. The van der Waals surface area contributed by atoms with Gasteiger partial charge in [-0.15, -0.1) is 0 Å². The van der Waals surface area contributed by atoms with Crippen LogP contribution < -0.4 is 0 Å². The molecule has 0 radical (unpaired) electrons. The molecule has 0 N–H and O–H groups in total. The predicted octanol–water partition coefficient (Wildman–Crippen LogP) is 4.14. The van der Waals surface area contributed by atoms with E-state index in [1.54, 1.807) is 6.07 Å². The summed E-state index contributed by atoms with van der Waals surface area (Å²) in [5.74, 6) is 0.122. The second-order valence-corrected chi connectivity index (χ2v) is 3.73. The molecule has 1 aromatic rings. The molecule has 1 rings (SSSR count). The molecule has 78 valence electrons. The Morgan fingerprint density at radius 1 is 1.14 bits per heavy atom. The third-order valence-corrected chi connectivity index (χ3v) is 2.23. The average Bonchev–Trinajstić information content (AvgIpc) is 2.02. The minimum absolute atomic E-state index is 0.122. The molecule has 0 fully saturated rings. The Morgan fingerprint density at radius 3 is 2.14 bits per heavy atom. The smallest absolute Gasteiger partial charge is 0.166 e. The highest BCUT2D eigenvalue weighted by Gasteiger charge is 2.32. The third-order valence-electron chi connectivity index (χ3n) is 2.23. The van der Waals surface area contributed by atoms with Gasteiger partial charge in [0, 0.05) is 0 Å². The molecule has 0 nitrogen and oxygen atoms in total. The zero-order valence-electron chi connectivity index (χ0n) is 8.44. The minimum atomic E-state index is -4.24. The number of benzene rings is 1. The van der Waals surface area contributed by atoms with Crippen LogP contribution in [0, 0.1) is 6.92 Å². The summed E-state index contributed by atoms with van der Waals surface area (Å²) in [6, 6.07) is 4.51. The van der Waals surface area contributed by atoms with E-state index in [1.807, 2.05) is 13.8 Å². The summed E-state index contributed by atoms with van der Waals surface area (Å²) in [7, 11) is 0. The molecule has 0 aliphatic heterocycles. The number of rotatable bonds is 1. The number of hydrogen-bond donors (Lipinski definition) is 0. The van der Waals surface area contributed by atoms with Crippen molar-refractivity contribution < 1.29 is 13.2 Å². The lowest BCUT2D eigenvalue weighted by Crippen LogP contribution is -2.08. The first kappa shape index (κ1) is 11.1. The van der Waals surface area contributed by atoms with E-state index >= 15 is 0 Å². The molecule has 0 heterocycles. The molecule has 0 atom stereocenters. The highest BCUT2D eigenvalue weighted by molar-refractivity contribution is 5.34. The first-order valence-corrected chi connectivity index (χ1v) is 4.50. The SMILES string of the molecule is Cc1ccc(C(C)C)cc1C(F)(F)F. The molecule has 0 aliphatic rings. The molecule has 0 aromatic heterocycles. The number of alkyl halides is 3. The number of halogens is 3. The molecule has 14 heavy (non-hydrogen) atoms. The summed E-state index contributed by atoms with van der Waals surface area (Å²) in [4.78, 5) is 0. The van der Waals surface area contributed by atoms with Gasteiger partial charge in [0.25, 0.3) is 0 Å². The van der Waals surface area contributed by atoms with Crippen LogP contribution in [-0.4, -0.2) is 0 Å². The number of aryl methyl sites for hydroxylation is 1. The van der Waals surface area contributed by atoms with Crippen LogP contribution in [0.15, 0.2) is 18.2 Å². The van der Waals surface area contributed by atoms with Crippen molar-refractivity contribution in [3.63, 3.8) is 0 Å². The van der Waals surface area contributed by atoms with E-state index in [9.17, 15) is 13.2 Å². The average molecular weight is 202 g/mol. The van der Waals surface area contributed by atoms with Gasteiger partial charge in [0.15, 0.2) is 0 Å². The lowest BCUT2D eigenvalue weighted by atomic mass is 9.98. The van der Waals surface area contributed by atoms with Gasteiger partial charge < -0.3 is 0 Å². The third kappa shape index (κ3) is 2.28. The number of hydrogen-bond acceptors (Lipinski definition) is 0. The maximum Gasteiger partial charge on any atom is 0.416 e. The molecule has 0 aliphatic carbocycles. The molecule has 0 saturated carbocycles. The summed E-state index contributed by atoms with van der Waals surface area (Å²) in [5.41, 5.74) is 0.480. The van der Waals surface area contributed by atoms with Crippen LogP contribution >= 0.6 is 0 Å².